The minimum atomic E-state index is 0.234. The van der Waals surface area contributed by atoms with Gasteiger partial charge >= 0.3 is 5.90 Å². The van der Waals surface area contributed by atoms with Crippen molar-refractivity contribution in [2.24, 2.45) is 5.10 Å². The first kappa shape index (κ1) is 8.34. The smallest absolute Gasteiger partial charge is 0.337 e. The Morgan fingerprint density at radius 1 is 1.83 bits per heavy atom. The van der Waals surface area contributed by atoms with E-state index in [1.54, 1.807) is 12.1 Å². The highest BCUT2D eigenvalue weighted by Gasteiger charge is 2.09. The van der Waals surface area contributed by atoms with Crippen LogP contribution in [0.2, 0.25) is 0 Å². The van der Waals surface area contributed by atoms with Crippen molar-refractivity contribution in [1.29, 1.82) is 0 Å². The van der Waals surface area contributed by atoms with Gasteiger partial charge in [-0.15, -0.1) is 4.95 Å². The Morgan fingerprint density at radius 3 is 3.17 bits per heavy atom. The van der Waals surface area contributed by atoms with E-state index >= 15 is 0 Å². The second-order valence-electron chi connectivity index (χ2n) is 1.92. The largest absolute Gasteiger partial charge is 0.471 e. The van der Waals surface area contributed by atoms with Crippen LogP contribution in [-0.4, -0.2) is 12.5 Å². The molecule has 4 heteroatoms. The normalized spacial score (nSPS) is 10.8. The van der Waals surface area contributed by atoms with Crippen molar-refractivity contribution in [2.75, 3.05) is 6.61 Å². The SMILES string of the molecule is [C-]#[N+]/N=C(/OCC)c1ccco1. The first-order chi connectivity index (χ1) is 5.88. The van der Waals surface area contributed by atoms with Crippen molar-refractivity contribution >= 4 is 5.90 Å². The van der Waals surface area contributed by atoms with Gasteiger partial charge in [0.1, 0.15) is 5.10 Å². The van der Waals surface area contributed by atoms with Crippen LogP contribution in [0.25, 0.3) is 4.95 Å². The van der Waals surface area contributed by atoms with Crippen LogP contribution in [0, 0.1) is 6.57 Å². The van der Waals surface area contributed by atoms with Gasteiger partial charge in [-0.05, 0) is 19.1 Å². The molecule has 12 heavy (non-hydrogen) atoms. The second kappa shape index (κ2) is 4.19. The number of ether oxygens (including phenoxy) is 1. The molecule has 1 heterocycles. The number of rotatable bonds is 2. The summed E-state index contributed by atoms with van der Waals surface area (Å²) in [5, 5.41) is 3.45. The third-order valence-corrected chi connectivity index (χ3v) is 1.15. The molecule has 1 aromatic rings. The average Bonchev–Trinajstić information content (AvgIpc) is 2.56. The number of furan rings is 1. The molecule has 4 nitrogen and oxygen atoms in total. The Kier molecular flexibility index (Phi) is 2.91. The molecule has 0 aliphatic heterocycles. The lowest BCUT2D eigenvalue weighted by molar-refractivity contribution is 0.319. The number of hydrogen-bond acceptors (Lipinski definition) is 3. The predicted molar refractivity (Wildman–Crippen MR) is 43.5 cm³/mol. The maximum absolute atomic E-state index is 6.53. The third-order valence-electron chi connectivity index (χ3n) is 1.15. The fourth-order valence-corrected chi connectivity index (χ4v) is 0.732. The van der Waals surface area contributed by atoms with Gasteiger partial charge in [-0.2, -0.15) is 6.57 Å². The molecule has 0 amide bonds. The zero-order valence-corrected chi connectivity index (χ0v) is 6.65. The molecule has 62 valence electrons. The summed E-state index contributed by atoms with van der Waals surface area (Å²) in [4.78, 5) is 2.86. The molecule has 0 radical (unpaired) electrons. The van der Waals surface area contributed by atoms with E-state index in [2.05, 4.69) is 10.1 Å². The van der Waals surface area contributed by atoms with E-state index in [9.17, 15) is 0 Å². The van der Waals surface area contributed by atoms with E-state index in [0.29, 0.717) is 12.4 Å². The average molecular weight is 164 g/mol. The van der Waals surface area contributed by atoms with Crippen LogP contribution in [0.3, 0.4) is 0 Å². The molecular formula is C8H8N2O2. The maximum Gasteiger partial charge on any atom is 0.337 e. The summed E-state index contributed by atoms with van der Waals surface area (Å²) in [6, 6.07) is 3.41. The summed E-state index contributed by atoms with van der Waals surface area (Å²) in [7, 11) is 0. The lowest BCUT2D eigenvalue weighted by Crippen LogP contribution is -2.04. The molecule has 0 aliphatic carbocycles. The number of hydrogen-bond donors (Lipinski definition) is 0. The fourth-order valence-electron chi connectivity index (χ4n) is 0.732. The van der Waals surface area contributed by atoms with Gasteiger partial charge in [0.15, 0.2) is 5.76 Å². The molecule has 0 unspecified atom stereocenters. The van der Waals surface area contributed by atoms with Gasteiger partial charge in [0, 0.05) is 0 Å². The summed E-state index contributed by atoms with van der Waals surface area (Å²) in [6.07, 6.45) is 1.51. The molecule has 1 rings (SSSR count). The highest BCUT2D eigenvalue weighted by atomic mass is 16.5. The highest BCUT2D eigenvalue weighted by Crippen LogP contribution is 2.03. The molecule has 0 saturated heterocycles. The predicted octanol–water partition coefficient (Wildman–Crippen LogP) is 1.90. The first-order valence-corrected chi connectivity index (χ1v) is 3.49. The van der Waals surface area contributed by atoms with E-state index in [1.807, 2.05) is 6.92 Å². The third kappa shape index (κ3) is 1.86. The Balaban J connectivity index is 2.82. The van der Waals surface area contributed by atoms with Crippen molar-refractivity contribution in [3.05, 3.63) is 35.7 Å². The van der Waals surface area contributed by atoms with Gasteiger partial charge in [0.25, 0.3) is 0 Å². The van der Waals surface area contributed by atoms with E-state index in [1.165, 1.54) is 6.26 Å². The van der Waals surface area contributed by atoms with E-state index in [0.717, 1.165) is 0 Å². The van der Waals surface area contributed by atoms with Crippen molar-refractivity contribution < 1.29 is 9.15 Å². The topological polar surface area (TPSA) is 39.1 Å². The Labute approximate surface area is 70.3 Å². The van der Waals surface area contributed by atoms with E-state index in [4.69, 9.17) is 15.7 Å². The van der Waals surface area contributed by atoms with Gasteiger partial charge in [-0.3, -0.25) is 0 Å². The highest BCUT2D eigenvalue weighted by molar-refractivity contribution is 5.91. The standard InChI is InChI=1S/C8H8N2O2/c1-3-11-8(10-9-2)7-5-4-6-12-7/h4-6H,3H2,1H3/b10-8+. The molecule has 0 fully saturated rings. The monoisotopic (exact) mass is 164 g/mol. The van der Waals surface area contributed by atoms with Crippen LogP contribution in [-0.2, 0) is 4.74 Å². The molecule has 0 N–H and O–H groups in total. The molecule has 0 atom stereocenters. The molecule has 0 aliphatic rings. The lowest BCUT2D eigenvalue weighted by Gasteiger charge is -1.97. The van der Waals surface area contributed by atoms with Crippen molar-refractivity contribution in [3.8, 4) is 0 Å². The van der Waals surface area contributed by atoms with Crippen molar-refractivity contribution in [1.82, 2.24) is 0 Å². The summed E-state index contributed by atoms with van der Waals surface area (Å²) >= 11 is 0. The lowest BCUT2D eigenvalue weighted by atomic mass is 10.4. The summed E-state index contributed by atoms with van der Waals surface area (Å²) in [5.41, 5.74) is 0. The van der Waals surface area contributed by atoms with Crippen LogP contribution in [0.4, 0.5) is 0 Å². The quantitative estimate of drug-likeness (QED) is 0.290. The summed E-state index contributed by atoms with van der Waals surface area (Å²) in [6.45, 7) is 8.82. The first-order valence-electron chi connectivity index (χ1n) is 3.49. The zero-order chi connectivity index (χ0) is 8.81. The van der Waals surface area contributed by atoms with Crippen LogP contribution in [0.1, 0.15) is 12.7 Å². The zero-order valence-electron chi connectivity index (χ0n) is 6.65. The molecule has 1 aromatic heterocycles. The van der Waals surface area contributed by atoms with E-state index in [-0.39, 0.29) is 5.90 Å². The Bertz CT molecular complexity index is 295. The molecule has 0 bridgehead atoms. The summed E-state index contributed by atoms with van der Waals surface area (Å²) in [5.74, 6) is 0.713. The van der Waals surface area contributed by atoms with Gasteiger partial charge in [-0.1, -0.05) is 0 Å². The summed E-state index contributed by atoms with van der Waals surface area (Å²) < 4.78 is 10.1. The van der Waals surface area contributed by atoms with Gasteiger partial charge < -0.3 is 9.15 Å². The van der Waals surface area contributed by atoms with Crippen molar-refractivity contribution in [3.63, 3.8) is 0 Å². The Hall–Kier alpha value is -1.76. The molecule has 0 spiro atoms. The van der Waals surface area contributed by atoms with Gasteiger partial charge in [-0.25, -0.2) is 0 Å². The second-order valence-corrected chi connectivity index (χ2v) is 1.92. The van der Waals surface area contributed by atoms with Crippen LogP contribution >= 0.6 is 0 Å². The van der Waals surface area contributed by atoms with Crippen LogP contribution in [0.15, 0.2) is 27.9 Å². The number of nitrogens with zero attached hydrogens (tertiary/aromatic N) is 2. The fraction of sp³-hybridized carbons (Fsp3) is 0.250. The Morgan fingerprint density at radius 2 is 2.67 bits per heavy atom. The van der Waals surface area contributed by atoms with Crippen LogP contribution in [0.5, 0.6) is 0 Å². The molecular weight excluding hydrogens is 156 g/mol. The van der Waals surface area contributed by atoms with Gasteiger partial charge in [0.05, 0.1) is 12.9 Å². The van der Waals surface area contributed by atoms with Crippen molar-refractivity contribution in [2.45, 2.75) is 6.92 Å². The van der Waals surface area contributed by atoms with Crippen LogP contribution < -0.4 is 0 Å². The van der Waals surface area contributed by atoms with E-state index < -0.39 is 0 Å². The molecule has 0 aromatic carbocycles. The maximum atomic E-state index is 6.53. The van der Waals surface area contributed by atoms with Gasteiger partial charge in [0.2, 0.25) is 0 Å². The molecule has 0 saturated carbocycles. The minimum Gasteiger partial charge on any atom is -0.471 e. The minimum absolute atomic E-state index is 0.234.